The van der Waals surface area contributed by atoms with Gasteiger partial charge in [-0.25, -0.2) is 4.98 Å². The number of aromatic nitrogens is 3. The molecule has 0 aliphatic carbocycles. The Morgan fingerprint density at radius 1 is 1.25 bits per heavy atom. The maximum absolute atomic E-state index is 6.00. The summed E-state index contributed by atoms with van der Waals surface area (Å²) in [5.41, 5.74) is 8.81. The van der Waals surface area contributed by atoms with Crippen LogP contribution in [0.5, 0.6) is 0 Å². The number of H-pyrrole nitrogens is 1. The van der Waals surface area contributed by atoms with Crippen molar-refractivity contribution in [3.8, 4) is 0 Å². The number of anilines is 2. The van der Waals surface area contributed by atoms with E-state index < -0.39 is 0 Å². The lowest BCUT2D eigenvalue weighted by Gasteiger charge is -2.11. The summed E-state index contributed by atoms with van der Waals surface area (Å²) in [5.74, 6) is 0.982. The second-order valence-electron chi connectivity index (χ2n) is 4.79. The van der Waals surface area contributed by atoms with Crippen LogP contribution in [0.15, 0.2) is 36.8 Å². The molecule has 0 amide bonds. The number of pyridine rings is 1. The number of nitrogen functional groups attached to an aromatic ring is 1. The summed E-state index contributed by atoms with van der Waals surface area (Å²) < 4.78 is 0. The zero-order valence-electron chi connectivity index (χ0n) is 11.4. The van der Waals surface area contributed by atoms with Crippen LogP contribution in [0.25, 0.3) is 10.8 Å². The molecule has 20 heavy (non-hydrogen) atoms. The second kappa shape index (κ2) is 5.21. The molecule has 0 aliphatic rings. The highest BCUT2D eigenvalue weighted by Crippen LogP contribution is 2.28. The zero-order chi connectivity index (χ0) is 13.9. The largest absolute Gasteiger partial charge is 0.398 e. The fourth-order valence-corrected chi connectivity index (χ4v) is 2.27. The van der Waals surface area contributed by atoms with Crippen molar-refractivity contribution in [1.29, 1.82) is 0 Å². The highest BCUT2D eigenvalue weighted by Gasteiger charge is 2.05. The van der Waals surface area contributed by atoms with Crippen LogP contribution in [0.2, 0.25) is 0 Å². The normalized spacial score (nSPS) is 10.8. The van der Waals surface area contributed by atoms with Crippen LogP contribution >= 0.6 is 0 Å². The number of nitrogens with zero attached hydrogens (tertiary/aromatic N) is 2. The van der Waals surface area contributed by atoms with Crippen LogP contribution in [0.1, 0.15) is 11.5 Å². The molecule has 0 saturated carbocycles. The van der Waals surface area contributed by atoms with Crippen molar-refractivity contribution in [3.05, 3.63) is 48.3 Å². The minimum atomic E-state index is 0.754. The monoisotopic (exact) mass is 267 g/mol. The van der Waals surface area contributed by atoms with Crippen LogP contribution < -0.4 is 11.1 Å². The lowest BCUT2D eigenvalue weighted by molar-refractivity contribution is 0.928. The van der Waals surface area contributed by atoms with Crippen molar-refractivity contribution in [1.82, 2.24) is 15.0 Å². The second-order valence-corrected chi connectivity index (χ2v) is 4.79. The Labute approximate surface area is 117 Å². The smallest absolute Gasteiger partial charge is 0.107 e. The average molecular weight is 267 g/mol. The number of hydrogen-bond acceptors (Lipinski definition) is 4. The maximum Gasteiger partial charge on any atom is 0.107 e. The SMILES string of the molecule is Cc1cc2c(NCCc3ncc[nH]3)ccc(N)c2cn1. The predicted molar refractivity (Wildman–Crippen MR) is 81.7 cm³/mol. The Kier molecular flexibility index (Phi) is 3.25. The molecular weight excluding hydrogens is 250 g/mol. The molecule has 5 heteroatoms. The van der Waals surface area contributed by atoms with Crippen molar-refractivity contribution in [2.45, 2.75) is 13.3 Å². The van der Waals surface area contributed by atoms with E-state index in [2.05, 4.69) is 26.3 Å². The quantitative estimate of drug-likeness (QED) is 0.634. The van der Waals surface area contributed by atoms with Gasteiger partial charge in [0.1, 0.15) is 5.82 Å². The molecule has 0 fully saturated rings. The van der Waals surface area contributed by atoms with Gasteiger partial charge in [0.05, 0.1) is 0 Å². The van der Waals surface area contributed by atoms with E-state index in [1.54, 1.807) is 6.20 Å². The van der Waals surface area contributed by atoms with Gasteiger partial charge in [0, 0.05) is 59.4 Å². The summed E-state index contributed by atoms with van der Waals surface area (Å²) in [6.07, 6.45) is 6.28. The van der Waals surface area contributed by atoms with E-state index in [4.69, 9.17) is 5.73 Å². The standard InChI is InChI=1S/C15H17N5/c1-10-8-11-12(9-20-10)13(16)2-3-14(11)17-5-4-15-18-6-7-19-15/h2-3,6-9,17H,4-5,16H2,1H3,(H,18,19). The van der Waals surface area contributed by atoms with Crippen molar-refractivity contribution in [2.75, 3.05) is 17.6 Å². The van der Waals surface area contributed by atoms with Gasteiger partial charge in [0.2, 0.25) is 0 Å². The van der Waals surface area contributed by atoms with Gasteiger partial charge in [0.25, 0.3) is 0 Å². The van der Waals surface area contributed by atoms with Gasteiger partial charge in [-0.3, -0.25) is 4.98 Å². The number of fused-ring (bicyclic) bond motifs is 1. The Hall–Kier alpha value is -2.56. The van der Waals surface area contributed by atoms with E-state index in [0.29, 0.717) is 0 Å². The van der Waals surface area contributed by atoms with Gasteiger partial charge in [-0.15, -0.1) is 0 Å². The molecule has 0 spiro atoms. The molecule has 4 N–H and O–H groups in total. The van der Waals surface area contributed by atoms with Gasteiger partial charge in [-0.05, 0) is 25.1 Å². The number of aryl methyl sites for hydroxylation is 1. The topological polar surface area (TPSA) is 79.6 Å². The van der Waals surface area contributed by atoms with E-state index in [1.807, 2.05) is 31.5 Å². The van der Waals surface area contributed by atoms with Gasteiger partial charge < -0.3 is 16.0 Å². The Bertz CT molecular complexity index is 718. The molecule has 2 heterocycles. The van der Waals surface area contributed by atoms with E-state index in [1.165, 1.54) is 0 Å². The molecule has 0 unspecified atom stereocenters. The molecule has 3 aromatic rings. The molecule has 0 radical (unpaired) electrons. The molecule has 5 nitrogen and oxygen atoms in total. The van der Waals surface area contributed by atoms with E-state index in [9.17, 15) is 0 Å². The van der Waals surface area contributed by atoms with Gasteiger partial charge in [-0.2, -0.15) is 0 Å². The van der Waals surface area contributed by atoms with Gasteiger partial charge in [0.15, 0.2) is 0 Å². The summed E-state index contributed by atoms with van der Waals surface area (Å²) in [6.45, 7) is 2.79. The number of hydrogen-bond donors (Lipinski definition) is 3. The van der Waals surface area contributed by atoms with Gasteiger partial charge >= 0.3 is 0 Å². The Morgan fingerprint density at radius 2 is 2.15 bits per heavy atom. The molecule has 0 aliphatic heterocycles. The Morgan fingerprint density at radius 3 is 2.95 bits per heavy atom. The van der Waals surface area contributed by atoms with Crippen LogP contribution in [-0.4, -0.2) is 21.5 Å². The number of benzene rings is 1. The van der Waals surface area contributed by atoms with E-state index >= 15 is 0 Å². The fourth-order valence-electron chi connectivity index (χ4n) is 2.27. The van der Waals surface area contributed by atoms with Crippen molar-refractivity contribution >= 4 is 22.1 Å². The third kappa shape index (κ3) is 2.42. The van der Waals surface area contributed by atoms with Crippen LogP contribution in [-0.2, 0) is 6.42 Å². The third-order valence-electron chi connectivity index (χ3n) is 3.30. The van der Waals surface area contributed by atoms with Crippen molar-refractivity contribution < 1.29 is 0 Å². The van der Waals surface area contributed by atoms with Crippen LogP contribution in [0.4, 0.5) is 11.4 Å². The summed E-state index contributed by atoms with van der Waals surface area (Å²) in [4.78, 5) is 11.6. The molecule has 0 bridgehead atoms. The summed E-state index contributed by atoms with van der Waals surface area (Å²) >= 11 is 0. The highest BCUT2D eigenvalue weighted by atomic mass is 14.9. The number of aromatic amines is 1. The number of nitrogens with one attached hydrogen (secondary N) is 2. The molecule has 3 rings (SSSR count). The van der Waals surface area contributed by atoms with Crippen LogP contribution in [0, 0.1) is 6.92 Å². The molecular formula is C15H17N5. The first-order chi connectivity index (χ1) is 9.74. The van der Waals surface area contributed by atoms with Crippen molar-refractivity contribution in [2.24, 2.45) is 0 Å². The summed E-state index contributed by atoms with van der Waals surface area (Å²) in [5, 5.41) is 5.53. The zero-order valence-corrected chi connectivity index (χ0v) is 11.4. The van der Waals surface area contributed by atoms with E-state index in [-0.39, 0.29) is 0 Å². The minimum Gasteiger partial charge on any atom is -0.398 e. The van der Waals surface area contributed by atoms with Crippen LogP contribution in [0.3, 0.4) is 0 Å². The Balaban J connectivity index is 1.84. The minimum absolute atomic E-state index is 0.754. The lowest BCUT2D eigenvalue weighted by Crippen LogP contribution is -2.06. The third-order valence-corrected chi connectivity index (χ3v) is 3.30. The first-order valence-corrected chi connectivity index (χ1v) is 6.61. The van der Waals surface area contributed by atoms with Crippen molar-refractivity contribution in [3.63, 3.8) is 0 Å². The lowest BCUT2D eigenvalue weighted by atomic mass is 10.1. The first kappa shape index (κ1) is 12.5. The fraction of sp³-hybridized carbons (Fsp3) is 0.200. The number of imidazole rings is 1. The average Bonchev–Trinajstić information content (AvgIpc) is 2.94. The summed E-state index contributed by atoms with van der Waals surface area (Å²) in [6, 6.07) is 5.98. The van der Waals surface area contributed by atoms with Gasteiger partial charge in [-0.1, -0.05) is 0 Å². The maximum atomic E-state index is 6.00. The molecule has 1 aromatic carbocycles. The number of nitrogens with two attached hydrogens (primary N) is 1. The molecule has 0 atom stereocenters. The summed E-state index contributed by atoms with van der Waals surface area (Å²) in [7, 11) is 0. The molecule has 0 saturated heterocycles. The molecule has 2 aromatic heterocycles. The number of rotatable bonds is 4. The first-order valence-electron chi connectivity index (χ1n) is 6.61. The highest BCUT2D eigenvalue weighted by molar-refractivity contribution is 6.00. The van der Waals surface area contributed by atoms with E-state index in [0.717, 1.165) is 46.6 Å². The molecule has 102 valence electrons. The predicted octanol–water partition coefficient (Wildman–Crippen LogP) is 2.50.